The minimum atomic E-state index is 0.507. The highest BCUT2D eigenvalue weighted by molar-refractivity contribution is 9.10. The highest BCUT2D eigenvalue weighted by atomic mass is 79.9. The lowest BCUT2D eigenvalue weighted by atomic mass is 10.1. The van der Waals surface area contributed by atoms with Gasteiger partial charge < -0.3 is 10.5 Å². The van der Waals surface area contributed by atoms with Crippen LogP contribution in [0.25, 0.3) is 10.9 Å². The number of hydrogen-bond acceptors (Lipinski definition) is 3. The fraction of sp³-hybridized carbons (Fsp3) is 0. The van der Waals surface area contributed by atoms with Gasteiger partial charge in [0.2, 0.25) is 0 Å². The molecule has 21 heavy (non-hydrogen) atoms. The molecular weight excluding hydrogens is 375 g/mol. The van der Waals surface area contributed by atoms with Crippen molar-refractivity contribution in [3.8, 4) is 11.5 Å². The van der Waals surface area contributed by atoms with Gasteiger partial charge in [-0.05, 0) is 52.3 Å². The molecule has 0 bridgehead atoms. The van der Waals surface area contributed by atoms with Gasteiger partial charge in [-0.3, -0.25) is 4.98 Å². The molecule has 0 fully saturated rings. The first-order chi connectivity index (χ1) is 10.0. The van der Waals surface area contributed by atoms with Crippen molar-refractivity contribution >= 4 is 55.7 Å². The summed E-state index contributed by atoms with van der Waals surface area (Å²) in [5, 5.41) is 1.83. The molecular formula is C15H9BrCl2N2O. The van der Waals surface area contributed by atoms with E-state index < -0.39 is 0 Å². The topological polar surface area (TPSA) is 48.1 Å². The summed E-state index contributed by atoms with van der Waals surface area (Å²) < 4.78 is 6.70. The molecule has 0 aliphatic heterocycles. The van der Waals surface area contributed by atoms with Gasteiger partial charge in [-0.2, -0.15) is 0 Å². The van der Waals surface area contributed by atoms with E-state index in [2.05, 4.69) is 20.9 Å². The lowest BCUT2D eigenvalue weighted by molar-refractivity contribution is 0.487. The summed E-state index contributed by atoms with van der Waals surface area (Å²) in [5.41, 5.74) is 7.29. The fourth-order valence-electron chi connectivity index (χ4n) is 1.99. The predicted molar refractivity (Wildman–Crippen MR) is 90.4 cm³/mol. The number of nitrogens with zero attached hydrogens (tertiary/aromatic N) is 1. The molecule has 106 valence electrons. The predicted octanol–water partition coefficient (Wildman–Crippen LogP) is 5.68. The average Bonchev–Trinajstić information content (AvgIpc) is 2.41. The summed E-state index contributed by atoms with van der Waals surface area (Å²) >= 11 is 15.3. The van der Waals surface area contributed by atoms with Gasteiger partial charge in [-0.1, -0.05) is 23.2 Å². The van der Waals surface area contributed by atoms with Crippen LogP contribution in [0.5, 0.6) is 11.5 Å². The van der Waals surface area contributed by atoms with E-state index in [0.29, 0.717) is 32.7 Å². The van der Waals surface area contributed by atoms with Crippen molar-refractivity contribution < 1.29 is 4.74 Å². The zero-order chi connectivity index (χ0) is 15.0. The standard InChI is InChI=1S/C15H9BrCl2N2O/c16-8-3-12-13(19)1-2-14(15(12)20-7-8)21-11-5-9(17)4-10(18)6-11/h1-7H,19H2. The summed E-state index contributed by atoms with van der Waals surface area (Å²) in [6.45, 7) is 0. The number of hydrogen-bond donors (Lipinski definition) is 1. The van der Waals surface area contributed by atoms with Crippen LogP contribution < -0.4 is 10.5 Å². The molecule has 6 heteroatoms. The van der Waals surface area contributed by atoms with Crippen LogP contribution >= 0.6 is 39.1 Å². The minimum Gasteiger partial charge on any atom is -0.455 e. The Balaban J connectivity index is 2.10. The number of aromatic nitrogens is 1. The van der Waals surface area contributed by atoms with Gasteiger partial charge in [0.1, 0.15) is 11.3 Å². The van der Waals surface area contributed by atoms with E-state index in [9.17, 15) is 0 Å². The Kier molecular flexibility index (Phi) is 3.93. The van der Waals surface area contributed by atoms with Crippen LogP contribution in [0.15, 0.2) is 47.1 Å². The smallest absolute Gasteiger partial charge is 0.153 e. The molecule has 0 unspecified atom stereocenters. The molecule has 3 nitrogen and oxygen atoms in total. The maximum atomic E-state index is 5.98. The van der Waals surface area contributed by atoms with Crippen molar-refractivity contribution in [3.63, 3.8) is 0 Å². The summed E-state index contributed by atoms with van der Waals surface area (Å²) in [7, 11) is 0. The zero-order valence-electron chi connectivity index (χ0n) is 10.6. The van der Waals surface area contributed by atoms with Gasteiger partial charge in [-0.15, -0.1) is 0 Å². The quantitative estimate of drug-likeness (QED) is 0.579. The molecule has 0 spiro atoms. The Labute approximate surface area is 139 Å². The molecule has 2 N–H and O–H groups in total. The monoisotopic (exact) mass is 382 g/mol. The molecule has 3 aromatic rings. The second-order valence-electron chi connectivity index (χ2n) is 4.41. The number of rotatable bonds is 2. The Hall–Kier alpha value is -1.49. The van der Waals surface area contributed by atoms with E-state index in [4.69, 9.17) is 33.7 Å². The fourth-order valence-corrected chi connectivity index (χ4v) is 2.82. The van der Waals surface area contributed by atoms with E-state index in [1.807, 2.05) is 6.07 Å². The first-order valence-electron chi connectivity index (χ1n) is 6.00. The average molecular weight is 384 g/mol. The van der Waals surface area contributed by atoms with E-state index >= 15 is 0 Å². The van der Waals surface area contributed by atoms with E-state index in [0.717, 1.165) is 9.86 Å². The maximum absolute atomic E-state index is 5.98. The lowest BCUT2D eigenvalue weighted by Gasteiger charge is -2.10. The Bertz CT molecular complexity index is 819. The highest BCUT2D eigenvalue weighted by Crippen LogP contribution is 2.34. The summed E-state index contributed by atoms with van der Waals surface area (Å²) in [4.78, 5) is 4.36. The van der Waals surface area contributed by atoms with Gasteiger partial charge >= 0.3 is 0 Å². The molecule has 0 aliphatic rings. The van der Waals surface area contributed by atoms with Crippen molar-refractivity contribution in [1.29, 1.82) is 0 Å². The number of benzene rings is 2. The molecule has 0 saturated heterocycles. The van der Waals surface area contributed by atoms with E-state index in [1.165, 1.54) is 0 Å². The van der Waals surface area contributed by atoms with Gasteiger partial charge in [0.25, 0.3) is 0 Å². The summed E-state index contributed by atoms with van der Waals surface area (Å²) in [6.07, 6.45) is 1.69. The van der Waals surface area contributed by atoms with E-state index in [-0.39, 0.29) is 0 Å². The normalized spacial score (nSPS) is 10.8. The molecule has 3 rings (SSSR count). The molecule has 1 heterocycles. The van der Waals surface area contributed by atoms with Crippen molar-refractivity contribution in [3.05, 3.63) is 57.1 Å². The number of anilines is 1. The third-order valence-corrected chi connectivity index (χ3v) is 3.75. The maximum Gasteiger partial charge on any atom is 0.153 e. The number of halogens is 3. The third kappa shape index (κ3) is 3.07. The highest BCUT2D eigenvalue weighted by Gasteiger charge is 2.09. The van der Waals surface area contributed by atoms with Crippen LogP contribution in [0.2, 0.25) is 10.0 Å². The number of pyridine rings is 1. The van der Waals surface area contributed by atoms with Gasteiger partial charge in [0.05, 0.1) is 0 Å². The lowest BCUT2D eigenvalue weighted by Crippen LogP contribution is -1.93. The van der Waals surface area contributed by atoms with Crippen molar-refractivity contribution in [2.75, 3.05) is 5.73 Å². The van der Waals surface area contributed by atoms with Crippen molar-refractivity contribution in [1.82, 2.24) is 4.98 Å². The minimum absolute atomic E-state index is 0.507. The molecule has 0 amide bonds. The molecule has 0 aliphatic carbocycles. The van der Waals surface area contributed by atoms with Crippen LogP contribution in [-0.4, -0.2) is 4.98 Å². The molecule has 0 saturated carbocycles. The molecule has 2 aromatic carbocycles. The number of fused-ring (bicyclic) bond motifs is 1. The van der Waals surface area contributed by atoms with E-state index in [1.54, 1.807) is 36.5 Å². The van der Waals surface area contributed by atoms with Crippen LogP contribution in [0.3, 0.4) is 0 Å². The third-order valence-electron chi connectivity index (χ3n) is 2.88. The van der Waals surface area contributed by atoms with Gasteiger partial charge in [-0.25, -0.2) is 0 Å². The van der Waals surface area contributed by atoms with Crippen molar-refractivity contribution in [2.24, 2.45) is 0 Å². The molecule has 0 radical (unpaired) electrons. The second-order valence-corrected chi connectivity index (χ2v) is 6.20. The van der Waals surface area contributed by atoms with Crippen LogP contribution in [0, 0.1) is 0 Å². The van der Waals surface area contributed by atoms with Gasteiger partial charge in [0, 0.05) is 31.8 Å². The SMILES string of the molecule is Nc1ccc(Oc2cc(Cl)cc(Cl)c2)c2ncc(Br)cc12. The molecule has 0 atom stereocenters. The Morgan fingerprint density at radius 1 is 1.05 bits per heavy atom. The second kappa shape index (κ2) is 5.72. The first kappa shape index (κ1) is 14.4. The molecule has 1 aromatic heterocycles. The summed E-state index contributed by atoms with van der Waals surface area (Å²) in [5.74, 6) is 1.13. The Morgan fingerprint density at radius 2 is 1.76 bits per heavy atom. The summed E-state index contributed by atoms with van der Waals surface area (Å²) in [6, 6.07) is 10.5. The van der Waals surface area contributed by atoms with Gasteiger partial charge in [0.15, 0.2) is 5.75 Å². The number of nitrogens with two attached hydrogens (primary N) is 1. The van der Waals surface area contributed by atoms with Crippen molar-refractivity contribution in [2.45, 2.75) is 0 Å². The van der Waals surface area contributed by atoms with Crippen LogP contribution in [0.1, 0.15) is 0 Å². The number of nitrogen functional groups attached to an aromatic ring is 1. The van der Waals surface area contributed by atoms with Crippen LogP contribution in [0.4, 0.5) is 5.69 Å². The van der Waals surface area contributed by atoms with Crippen LogP contribution in [-0.2, 0) is 0 Å². The number of ether oxygens (including phenoxy) is 1. The Morgan fingerprint density at radius 3 is 2.48 bits per heavy atom. The zero-order valence-corrected chi connectivity index (χ0v) is 13.7. The first-order valence-corrected chi connectivity index (χ1v) is 7.55. The largest absolute Gasteiger partial charge is 0.455 e.